The zero-order chi connectivity index (χ0) is 52.7. The molecule has 3 saturated heterocycles. The Morgan fingerprint density at radius 1 is 0.773 bits per heavy atom. The van der Waals surface area contributed by atoms with Crippen LogP contribution >= 0.6 is 0 Å². The van der Waals surface area contributed by atoms with E-state index < -0.39 is 29.7 Å². The van der Waals surface area contributed by atoms with Gasteiger partial charge in [-0.1, -0.05) is 82.4 Å². The number of amides is 5. The van der Waals surface area contributed by atoms with Gasteiger partial charge >= 0.3 is 0 Å². The Bertz CT molecular complexity index is 2660. The minimum Gasteiger partial charge on any atom is -0.507 e. The number of carbonyl (C=O) groups excluding carboxylic acids is 5. The summed E-state index contributed by atoms with van der Waals surface area (Å²) in [5, 5.41) is 25.5. The van der Waals surface area contributed by atoms with Crippen molar-refractivity contribution in [3.8, 4) is 22.8 Å². The zero-order valence-electron chi connectivity index (χ0n) is 43.1. The average Bonchev–Trinajstić information content (AvgIpc) is 3.68. The van der Waals surface area contributed by atoms with Crippen molar-refractivity contribution in [3.05, 3.63) is 95.8 Å². The van der Waals surface area contributed by atoms with Crippen molar-refractivity contribution in [2.24, 2.45) is 11.6 Å². The molecule has 2 unspecified atom stereocenters. The summed E-state index contributed by atoms with van der Waals surface area (Å²) in [4.78, 5) is 71.3. The van der Waals surface area contributed by atoms with E-state index in [-0.39, 0.29) is 54.1 Å². The summed E-state index contributed by atoms with van der Waals surface area (Å²) in [5.74, 6) is 5.08. The number of hydrogen-bond donors (Lipinski definition) is 6. The van der Waals surface area contributed by atoms with Crippen LogP contribution in [0.1, 0.15) is 130 Å². The first-order valence-corrected chi connectivity index (χ1v) is 27.0. The average molecular weight is 1030 g/mol. The topological polar surface area (TPSA) is 259 Å². The second kappa shape index (κ2) is 26.2. The summed E-state index contributed by atoms with van der Waals surface area (Å²) in [6, 6.07) is 21.3. The summed E-state index contributed by atoms with van der Waals surface area (Å²) in [5.41, 5.74) is 17.1. The quantitative estimate of drug-likeness (QED) is 0.0175. The molecule has 19 heteroatoms. The van der Waals surface area contributed by atoms with Crippen LogP contribution in [0.2, 0.25) is 0 Å². The third-order valence-electron chi connectivity index (χ3n) is 14.7. The van der Waals surface area contributed by atoms with Crippen molar-refractivity contribution in [2.75, 3.05) is 73.2 Å². The molecular formula is C56H74N12O7. The first-order chi connectivity index (χ1) is 36.4. The number of piperidine rings is 2. The molecule has 9 N–H and O–H groups in total. The van der Waals surface area contributed by atoms with Crippen LogP contribution in [0, 0.1) is 0 Å². The number of carbonyl (C=O) groups is 5. The lowest BCUT2D eigenvalue weighted by atomic mass is 10.0. The van der Waals surface area contributed by atoms with Gasteiger partial charge in [-0.3, -0.25) is 34.2 Å². The Labute approximate surface area is 439 Å². The minimum atomic E-state index is -1.03. The molecule has 3 aromatic carbocycles. The fourth-order valence-corrected chi connectivity index (χ4v) is 10.5. The number of para-hydroxylation sites is 1. The number of nitrogens with two attached hydrogens (primary N) is 3. The van der Waals surface area contributed by atoms with E-state index in [1.807, 2.05) is 11.0 Å². The van der Waals surface area contributed by atoms with Crippen LogP contribution in [0.25, 0.3) is 11.3 Å². The van der Waals surface area contributed by atoms with Crippen LogP contribution in [-0.2, 0) is 14.4 Å². The van der Waals surface area contributed by atoms with Crippen molar-refractivity contribution < 1.29 is 33.8 Å². The van der Waals surface area contributed by atoms with Crippen LogP contribution in [0.3, 0.4) is 0 Å². The number of phenolic OH excluding ortho intramolecular Hbond substituents is 1. The fraction of sp³-hybridized carbons (Fsp3) is 0.482. The van der Waals surface area contributed by atoms with Crippen molar-refractivity contribution >= 4 is 52.4 Å². The molecule has 1 aromatic heterocycles. The van der Waals surface area contributed by atoms with Gasteiger partial charge in [0.15, 0.2) is 11.6 Å². The third-order valence-corrected chi connectivity index (χ3v) is 14.7. The molecule has 19 nitrogen and oxygen atoms in total. The van der Waals surface area contributed by atoms with E-state index in [0.29, 0.717) is 47.9 Å². The molecule has 4 aliphatic rings. The van der Waals surface area contributed by atoms with Gasteiger partial charge in [-0.15, -0.1) is 10.2 Å². The second-order valence-corrected chi connectivity index (χ2v) is 20.2. The van der Waals surface area contributed by atoms with Crippen LogP contribution in [-0.4, -0.2) is 124 Å². The van der Waals surface area contributed by atoms with Crippen LogP contribution in [0.4, 0.5) is 22.9 Å². The van der Waals surface area contributed by atoms with E-state index in [1.54, 1.807) is 53.7 Å². The number of unbranched alkanes of at least 4 members (excludes halogenated alkanes) is 11. The molecule has 4 aromatic rings. The number of fused-ring (bicyclic) bond motifs is 1. The number of hydrogen-bond acceptors (Lipinski definition) is 16. The standard InChI is InChI=1S/C56H74N12O7/c57-39(36-60-45-20-15-19-44-52(45)56(74)68(55(44)73)47-27-28-50(70)61-54(47)72)37-67(59)30-14-10-8-6-4-2-1-3-5-7-9-11-22-51(71)65-33-31-64(32-34-65)40-23-25-41(26-24-40)66-29-16-17-42(38-66)75-49-35-46(62-63-53(49)58)43-18-12-13-21-48(43)69/h12-13,15,18-21,23-26,35,37,42,47,60,69H,1-11,14,16-17,22,27-34,36,38,57,59H2,(H2,58,63)(H,61,70,72)/b39-37-. The molecule has 0 aliphatic carbocycles. The Hall–Kier alpha value is -7.41. The molecule has 0 saturated carbocycles. The maximum Gasteiger partial charge on any atom is 0.264 e. The highest BCUT2D eigenvalue weighted by Crippen LogP contribution is 2.34. The molecule has 0 spiro atoms. The van der Waals surface area contributed by atoms with E-state index in [2.05, 4.69) is 54.9 Å². The highest BCUT2D eigenvalue weighted by Gasteiger charge is 2.45. The maximum atomic E-state index is 13.4. The predicted octanol–water partition coefficient (Wildman–Crippen LogP) is 6.69. The molecule has 4 aliphatic heterocycles. The first-order valence-electron chi connectivity index (χ1n) is 27.0. The summed E-state index contributed by atoms with van der Waals surface area (Å²) in [6.07, 6.45) is 18.0. The number of nitrogen functional groups attached to an aromatic ring is 1. The number of piperazine rings is 1. The van der Waals surface area contributed by atoms with E-state index in [9.17, 15) is 29.1 Å². The van der Waals surface area contributed by atoms with Crippen LogP contribution in [0.5, 0.6) is 11.5 Å². The zero-order valence-corrected chi connectivity index (χ0v) is 43.1. The van der Waals surface area contributed by atoms with E-state index in [0.717, 1.165) is 88.3 Å². The lowest BCUT2D eigenvalue weighted by molar-refractivity contribution is -0.136. The predicted molar refractivity (Wildman–Crippen MR) is 289 cm³/mol. The Morgan fingerprint density at radius 2 is 1.43 bits per heavy atom. The Kier molecular flexibility index (Phi) is 18.8. The number of ether oxygens (including phenoxy) is 1. The van der Waals surface area contributed by atoms with Gasteiger partial charge in [0.2, 0.25) is 17.7 Å². The van der Waals surface area contributed by atoms with Crippen LogP contribution in [0.15, 0.2) is 84.7 Å². The number of aromatic hydroxyl groups is 1. The summed E-state index contributed by atoms with van der Waals surface area (Å²) >= 11 is 0. The minimum absolute atomic E-state index is 0.0561. The normalized spacial score (nSPS) is 18.1. The molecule has 400 valence electrons. The molecule has 0 bridgehead atoms. The van der Waals surface area contributed by atoms with Gasteiger partial charge in [-0.2, -0.15) is 0 Å². The van der Waals surface area contributed by atoms with Crippen molar-refractivity contribution in [1.29, 1.82) is 0 Å². The highest BCUT2D eigenvalue weighted by atomic mass is 16.5. The summed E-state index contributed by atoms with van der Waals surface area (Å²) in [6.45, 7) is 5.63. The van der Waals surface area contributed by atoms with Gasteiger partial charge in [0.05, 0.1) is 24.2 Å². The Morgan fingerprint density at radius 3 is 2.12 bits per heavy atom. The van der Waals surface area contributed by atoms with Crippen molar-refractivity contribution in [1.82, 2.24) is 30.3 Å². The molecule has 75 heavy (non-hydrogen) atoms. The highest BCUT2D eigenvalue weighted by molar-refractivity contribution is 6.25. The molecule has 5 amide bonds. The molecule has 8 rings (SSSR count). The number of anilines is 4. The smallest absolute Gasteiger partial charge is 0.264 e. The number of aromatic nitrogens is 2. The monoisotopic (exact) mass is 1030 g/mol. The number of nitrogens with zero attached hydrogens (tertiary/aromatic N) is 7. The lowest BCUT2D eigenvalue weighted by Crippen LogP contribution is -2.54. The van der Waals surface area contributed by atoms with Crippen molar-refractivity contribution in [2.45, 2.75) is 121 Å². The second-order valence-electron chi connectivity index (χ2n) is 20.2. The van der Waals surface area contributed by atoms with Gasteiger partial charge in [-0.25, -0.2) is 5.84 Å². The third kappa shape index (κ3) is 14.3. The Balaban J connectivity index is 0.623. The number of hydrazine groups is 1. The van der Waals surface area contributed by atoms with Gasteiger partial charge in [-0.05, 0) is 80.6 Å². The molecule has 2 atom stereocenters. The summed E-state index contributed by atoms with van der Waals surface area (Å²) < 4.78 is 6.38. The van der Waals surface area contributed by atoms with Gasteiger partial charge in [0.1, 0.15) is 23.6 Å². The molecule has 3 fully saturated rings. The number of phenols is 1. The lowest BCUT2D eigenvalue weighted by Gasteiger charge is -2.37. The SMILES string of the molecule is N/C(=C\N(N)CCCCCCCCCCCCCCC(=O)N1CCN(c2ccc(N3CCCC(Oc4cc(-c5ccccc5O)nnc4N)C3)cc2)CC1)CNc1cccc2c1C(=O)N(C1CCC(=O)NC1=O)C2=O. The molecule has 5 heterocycles. The first kappa shape index (κ1) is 53.9. The number of imide groups is 2. The van der Waals surface area contributed by atoms with Crippen LogP contribution < -0.4 is 42.5 Å². The summed E-state index contributed by atoms with van der Waals surface area (Å²) in [7, 11) is 0. The largest absolute Gasteiger partial charge is 0.507 e. The van der Waals surface area contributed by atoms with Gasteiger partial charge in [0, 0.05) is 92.7 Å². The number of nitrogens with one attached hydrogen (secondary N) is 2. The molecular weight excluding hydrogens is 953 g/mol. The van der Waals surface area contributed by atoms with Gasteiger partial charge in [0.25, 0.3) is 11.8 Å². The number of rotatable bonds is 25. The number of benzene rings is 3. The maximum absolute atomic E-state index is 13.4. The van der Waals surface area contributed by atoms with E-state index in [1.165, 1.54) is 50.6 Å². The fourth-order valence-electron chi connectivity index (χ4n) is 10.5. The molecule has 0 radical (unpaired) electrons. The van der Waals surface area contributed by atoms with E-state index in [4.69, 9.17) is 22.0 Å². The van der Waals surface area contributed by atoms with Gasteiger partial charge < -0.3 is 46.3 Å². The van der Waals surface area contributed by atoms with E-state index >= 15 is 0 Å². The van der Waals surface area contributed by atoms with Crippen molar-refractivity contribution in [3.63, 3.8) is 0 Å².